The first-order valence-electron chi connectivity index (χ1n) is 5.22. The molecule has 72 valence electrons. The Balaban J connectivity index is 2.23. The van der Waals surface area contributed by atoms with E-state index in [1.165, 1.54) is 18.4 Å². The third-order valence-electron chi connectivity index (χ3n) is 4.24. The number of carbonyl (C=O) groups excluding carboxylic acids is 1. The molecule has 0 spiro atoms. The second kappa shape index (κ2) is 2.70. The van der Waals surface area contributed by atoms with Gasteiger partial charge in [-0.1, -0.05) is 32.4 Å². The van der Waals surface area contributed by atoms with Gasteiger partial charge < -0.3 is 4.79 Å². The minimum atomic E-state index is 0.144. The summed E-state index contributed by atoms with van der Waals surface area (Å²) in [6.07, 6.45) is 5.90. The summed E-state index contributed by atoms with van der Waals surface area (Å²) in [4.78, 5) is 10.7. The van der Waals surface area contributed by atoms with Crippen molar-refractivity contribution in [2.24, 2.45) is 23.2 Å². The number of carbonyl (C=O) groups is 1. The summed E-state index contributed by atoms with van der Waals surface area (Å²) in [5.74, 6) is 1.71. The summed E-state index contributed by atoms with van der Waals surface area (Å²) in [6, 6.07) is 0. The van der Waals surface area contributed by atoms with Crippen LogP contribution in [0, 0.1) is 23.2 Å². The molecule has 0 aromatic rings. The number of rotatable bonds is 2. The number of hydrogen-bond acceptors (Lipinski definition) is 1. The van der Waals surface area contributed by atoms with Gasteiger partial charge >= 0.3 is 0 Å². The van der Waals surface area contributed by atoms with Crippen molar-refractivity contribution in [1.82, 2.24) is 0 Å². The summed E-state index contributed by atoms with van der Waals surface area (Å²) < 4.78 is 0. The van der Waals surface area contributed by atoms with Crippen LogP contribution in [0.5, 0.6) is 0 Å². The van der Waals surface area contributed by atoms with Crippen LogP contribution in [0.4, 0.5) is 0 Å². The normalized spacial score (nSPS) is 37.3. The van der Waals surface area contributed by atoms with Crippen LogP contribution in [-0.4, -0.2) is 6.29 Å². The van der Waals surface area contributed by atoms with Gasteiger partial charge in [0, 0.05) is 5.92 Å². The second-order valence-corrected chi connectivity index (χ2v) is 5.17. The van der Waals surface area contributed by atoms with Gasteiger partial charge in [0.15, 0.2) is 0 Å². The smallest absolute Gasteiger partial charge is 0.126 e. The molecule has 0 N–H and O–H groups in total. The van der Waals surface area contributed by atoms with E-state index >= 15 is 0 Å². The molecule has 0 aromatic heterocycles. The monoisotopic (exact) mass is 178 g/mol. The van der Waals surface area contributed by atoms with Gasteiger partial charge in [-0.3, -0.25) is 0 Å². The van der Waals surface area contributed by atoms with Crippen molar-refractivity contribution in [3.05, 3.63) is 11.6 Å². The summed E-state index contributed by atoms with van der Waals surface area (Å²) in [6.45, 7) is 6.71. The van der Waals surface area contributed by atoms with Crippen LogP contribution < -0.4 is 0 Å². The lowest BCUT2D eigenvalue weighted by atomic mass is 9.48. The lowest BCUT2D eigenvalue weighted by molar-refractivity contribution is -0.110. The van der Waals surface area contributed by atoms with Crippen molar-refractivity contribution < 1.29 is 4.79 Å². The van der Waals surface area contributed by atoms with Gasteiger partial charge in [0.05, 0.1) is 0 Å². The van der Waals surface area contributed by atoms with Crippen LogP contribution in [0.3, 0.4) is 0 Å². The van der Waals surface area contributed by atoms with Gasteiger partial charge in [0.25, 0.3) is 0 Å². The zero-order valence-electron chi connectivity index (χ0n) is 8.71. The fourth-order valence-corrected chi connectivity index (χ4v) is 2.98. The number of aldehydes is 1. The van der Waals surface area contributed by atoms with E-state index in [1.54, 1.807) is 0 Å². The Morgan fingerprint density at radius 3 is 2.77 bits per heavy atom. The number of fused-ring (bicyclic) bond motifs is 1. The molecular formula is C12H18O. The second-order valence-electron chi connectivity index (χ2n) is 5.17. The average Bonchev–Trinajstić information content (AvgIpc) is 2.16. The molecule has 0 aliphatic heterocycles. The van der Waals surface area contributed by atoms with Crippen molar-refractivity contribution in [2.45, 2.75) is 33.6 Å². The maximum absolute atomic E-state index is 10.7. The Labute approximate surface area is 80.2 Å². The van der Waals surface area contributed by atoms with Crippen molar-refractivity contribution in [3.63, 3.8) is 0 Å². The van der Waals surface area contributed by atoms with Crippen LogP contribution in [0.25, 0.3) is 0 Å². The van der Waals surface area contributed by atoms with Gasteiger partial charge in [-0.15, -0.1) is 0 Å². The van der Waals surface area contributed by atoms with Gasteiger partial charge in [-0.25, -0.2) is 0 Å². The molecule has 3 unspecified atom stereocenters. The molecule has 0 aromatic carbocycles. The maximum Gasteiger partial charge on any atom is 0.126 e. The molecule has 1 heteroatoms. The highest BCUT2D eigenvalue weighted by atomic mass is 16.1. The molecule has 0 amide bonds. The topological polar surface area (TPSA) is 17.1 Å². The Bertz CT molecular complexity index is 262. The molecule has 3 aliphatic rings. The zero-order valence-corrected chi connectivity index (χ0v) is 8.71. The zero-order chi connectivity index (χ0) is 9.64. The Hall–Kier alpha value is -0.590. The van der Waals surface area contributed by atoms with Gasteiger partial charge in [0.1, 0.15) is 6.29 Å². The van der Waals surface area contributed by atoms with E-state index in [-0.39, 0.29) is 5.92 Å². The molecule has 0 heterocycles. The fourth-order valence-electron chi connectivity index (χ4n) is 2.98. The van der Waals surface area contributed by atoms with Crippen LogP contribution in [0.15, 0.2) is 11.6 Å². The molecular weight excluding hydrogens is 160 g/mol. The van der Waals surface area contributed by atoms with Crippen LogP contribution >= 0.6 is 0 Å². The third-order valence-corrected chi connectivity index (χ3v) is 4.24. The van der Waals surface area contributed by atoms with E-state index in [0.717, 1.165) is 12.2 Å². The molecule has 1 saturated carbocycles. The lowest BCUT2D eigenvalue weighted by Gasteiger charge is -2.57. The van der Waals surface area contributed by atoms with Gasteiger partial charge in [0.2, 0.25) is 0 Å². The minimum absolute atomic E-state index is 0.144. The number of hydrogen-bond donors (Lipinski definition) is 0. The van der Waals surface area contributed by atoms with E-state index in [4.69, 9.17) is 0 Å². The van der Waals surface area contributed by atoms with Crippen molar-refractivity contribution in [2.75, 3.05) is 0 Å². The fraction of sp³-hybridized carbons (Fsp3) is 0.750. The van der Waals surface area contributed by atoms with Gasteiger partial charge in [-0.2, -0.15) is 0 Å². The molecule has 0 saturated heterocycles. The quantitative estimate of drug-likeness (QED) is 0.469. The Morgan fingerprint density at radius 1 is 1.62 bits per heavy atom. The van der Waals surface area contributed by atoms with Crippen LogP contribution in [0.2, 0.25) is 0 Å². The first kappa shape index (κ1) is 8.98. The summed E-state index contributed by atoms with van der Waals surface area (Å²) in [5.41, 5.74) is 1.86. The predicted molar refractivity (Wildman–Crippen MR) is 53.3 cm³/mol. The molecule has 3 rings (SSSR count). The summed E-state index contributed by atoms with van der Waals surface area (Å²) in [7, 11) is 0. The maximum atomic E-state index is 10.7. The molecule has 2 bridgehead atoms. The summed E-state index contributed by atoms with van der Waals surface area (Å²) >= 11 is 0. The third kappa shape index (κ3) is 1.09. The first-order valence-corrected chi connectivity index (χ1v) is 5.22. The SMILES string of the molecule is CC(C=O)C1=CCC2CC1C2(C)C. The van der Waals surface area contributed by atoms with E-state index < -0.39 is 0 Å². The van der Waals surface area contributed by atoms with Gasteiger partial charge in [-0.05, 0) is 30.1 Å². The molecule has 1 nitrogen and oxygen atoms in total. The standard InChI is InChI=1S/C12H18O/c1-8(7-13)10-5-4-9-6-11(10)12(9,2)3/h5,7-9,11H,4,6H2,1-3H3. The van der Waals surface area contributed by atoms with E-state index in [1.807, 2.05) is 6.92 Å². The molecule has 3 atom stereocenters. The van der Waals surface area contributed by atoms with Crippen molar-refractivity contribution in [1.29, 1.82) is 0 Å². The highest BCUT2D eigenvalue weighted by molar-refractivity contribution is 5.59. The largest absolute Gasteiger partial charge is 0.303 e. The first-order chi connectivity index (χ1) is 6.07. The predicted octanol–water partition coefficient (Wildman–Crippen LogP) is 2.81. The highest BCUT2D eigenvalue weighted by Gasteiger charge is 2.51. The summed E-state index contributed by atoms with van der Waals surface area (Å²) in [5, 5.41) is 0. The molecule has 3 aliphatic carbocycles. The number of allylic oxidation sites excluding steroid dienone is 2. The minimum Gasteiger partial charge on any atom is -0.303 e. The van der Waals surface area contributed by atoms with E-state index in [2.05, 4.69) is 19.9 Å². The van der Waals surface area contributed by atoms with E-state index in [9.17, 15) is 4.79 Å². The van der Waals surface area contributed by atoms with Crippen LogP contribution in [0.1, 0.15) is 33.6 Å². The Kier molecular flexibility index (Phi) is 1.86. The Morgan fingerprint density at radius 2 is 2.31 bits per heavy atom. The lowest BCUT2D eigenvalue weighted by Crippen LogP contribution is -2.49. The molecule has 0 radical (unpaired) electrons. The average molecular weight is 178 g/mol. The molecule has 1 fully saturated rings. The van der Waals surface area contributed by atoms with E-state index in [0.29, 0.717) is 11.3 Å². The van der Waals surface area contributed by atoms with Crippen molar-refractivity contribution >= 4 is 6.29 Å². The van der Waals surface area contributed by atoms with Crippen molar-refractivity contribution in [3.8, 4) is 0 Å². The van der Waals surface area contributed by atoms with Crippen LogP contribution in [-0.2, 0) is 4.79 Å². The molecule has 13 heavy (non-hydrogen) atoms. The highest BCUT2D eigenvalue weighted by Crippen LogP contribution is 2.60.